The molecule has 0 unspecified atom stereocenters. The Balaban J connectivity index is 2.39. The van der Waals surface area contributed by atoms with Crippen LogP contribution in [0.3, 0.4) is 0 Å². The van der Waals surface area contributed by atoms with Crippen LogP contribution in [-0.2, 0) is 27.3 Å². The van der Waals surface area contributed by atoms with Gasteiger partial charge in [0, 0.05) is 24.5 Å². The van der Waals surface area contributed by atoms with Crippen molar-refractivity contribution in [3.63, 3.8) is 0 Å². The molecule has 0 saturated carbocycles. The number of carbonyl (C=O) groups excluding carboxylic acids is 2. The standard InChI is InChI=1S/C21H26O6S/c1-6-25-17(28)10-8-12(2)7-9-15-19(24-5)13(3)16-11-26-21(23)18(16)20(15)27-14(4)22/h7H,6,8-11H2,1-5H3/b12-7+. The molecule has 1 aromatic rings. The molecule has 0 bridgehead atoms. The minimum absolute atomic E-state index is 0.147. The van der Waals surface area contributed by atoms with E-state index < -0.39 is 11.9 Å². The average Bonchev–Trinajstić information content (AvgIpc) is 3.02. The first-order chi connectivity index (χ1) is 13.3. The number of carbonyl (C=O) groups is 2. The molecule has 28 heavy (non-hydrogen) atoms. The second-order valence-electron chi connectivity index (χ2n) is 6.55. The second kappa shape index (κ2) is 9.68. The van der Waals surface area contributed by atoms with Crippen LogP contribution >= 0.6 is 12.2 Å². The molecule has 1 aromatic carbocycles. The number of allylic oxidation sites excluding steroid dienone is 2. The molecule has 6 nitrogen and oxygen atoms in total. The lowest BCUT2D eigenvalue weighted by Crippen LogP contribution is -2.11. The summed E-state index contributed by atoms with van der Waals surface area (Å²) in [4.78, 5) is 23.9. The lowest BCUT2D eigenvalue weighted by Gasteiger charge is -2.18. The summed E-state index contributed by atoms with van der Waals surface area (Å²) in [6.07, 6.45) is 3.89. The topological polar surface area (TPSA) is 71.1 Å². The van der Waals surface area contributed by atoms with Gasteiger partial charge in [-0.2, -0.15) is 0 Å². The van der Waals surface area contributed by atoms with Gasteiger partial charge >= 0.3 is 11.9 Å². The fourth-order valence-corrected chi connectivity index (χ4v) is 3.40. The molecular formula is C21H26O6S. The van der Waals surface area contributed by atoms with Crippen LogP contribution in [0.25, 0.3) is 0 Å². The van der Waals surface area contributed by atoms with Crippen LogP contribution in [-0.4, -0.2) is 30.7 Å². The maximum atomic E-state index is 12.3. The van der Waals surface area contributed by atoms with Crippen LogP contribution < -0.4 is 9.47 Å². The molecule has 0 atom stereocenters. The zero-order valence-corrected chi connectivity index (χ0v) is 17.8. The molecule has 0 fully saturated rings. The summed E-state index contributed by atoms with van der Waals surface area (Å²) in [5.74, 6) is -0.165. The molecule has 1 aliphatic rings. The minimum atomic E-state index is -0.503. The predicted molar refractivity (Wildman–Crippen MR) is 109 cm³/mol. The van der Waals surface area contributed by atoms with Gasteiger partial charge in [0.25, 0.3) is 0 Å². The van der Waals surface area contributed by atoms with E-state index >= 15 is 0 Å². The van der Waals surface area contributed by atoms with Gasteiger partial charge in [0.1, 0.15) is 17.9 Å². The van der Waals surface area contributed by atoms with E-state index in [1.807, 2.05) is 26.8 Å². The summed E-state index contributed by atoms with van der Waals surface area (Å²) in [6.45, 7) is 7.79. The summed E-state index contributed by atoms with van der Waals surface area (Å²) in [5, 5.41) is 0.588. The Kier molecular flexibility index (Phi) is 7.57. The summed E-state index contributed by atoms with van der Waals surface area (Å²) in [7, 11) is 1.56. The minimum Gasteiger partial charge on any atom is -0.496 e. The molecule has 0 spiro atoms. The van der Waals surface area contributed by atoms with Gasteiger partial charge in [0.15, 0.2) is 10.8 Å². The average molecular weight is 407 g/mol. The Morgan fingerprint density at radius 2 is 1.96 bits per heavy atom. The van der Waals surface area contributed by atoms with Crippen molar-refractivity contribution in [1.29, 1.82) is 0 Å². The fourth-order valence-electron chi connectivity index (χ4n) is 3.18. The molecule has 0 aromatic heterocycles. The Hall–Kier alpha value is -2.41. The van der Waals surface area contributed by atoms with Crippen LogP contribution in [0.5, 0.6) is 11.5 Å². The first-order valence-corrected chi connectivity index (χ1v) is 9.60. The Morgan fingerprint density at radius 3 is 2.57 bits per heavy atom. The fraction of sp³-hybridized carbons (Fsp3) is 0.476. The number of fused-ring (bicyclic) bond motifs is 1. The highest BCUT2D eigenvalue weighted by Crippen LogP contribution is 2.43. The summed E-state index contributed by atoms with van der Waals surface area (Å²) >= 11 is 5.16. The van der Waals surface area contributed by atoms with Gasteiger partial charge in [-0.25, -0.2) is 4.79 Å². The zero-order valence-electron chi connectivity index (χ0n) is 17.0. The lowest BCUT2D eigenvalue weighted by atomic mass is 9.94. The number of cyclic esters (lactones) is 1. The second-order valence-corrected chi connectivity index (χ2v) is 7.00. The van der Waals surface area contributed by atoms with Gasteiger partial charge in [-0.1, -0.05) is 11.6 Å². The third-order valence-electron chi connectivity index (χ3n) is 4.56. The van der Waals surface area contributed by atoms with Crippen molar-refractivity contribution in [2.75, 3.05) is 13.7 Å². The highest BCUT2D eigenvalue weighted by Gasteiger charge is 2.33. The van der Waals surface area contributed by atoms with Crippen LogP contribution in [0.4, 0.5) is 0 Å². The molecule has 7 heteroatoms. The molecule has 0 saturated heterocycles. The smallest absolute Gasteiger partial charge is 0.342 e. The number of thiocarbonyl (C=S) groups is 1. The van der Waals surface area contributed by atoms with Crippen molar-refractivity contribution in [3.8, 4) is 11.5 Å². The number of rotatable bonds is 8. The number of methoxy groups -OCH3 is 1. The number of esters is 2. The van der Waals surface area contributed by atoms with Crippen molar-refractivity contribution >= 4 is 29.2 Å². The number of ether oxygens (including phenoxy) is 4. The lowest BCUT2D eigenvalue weighted by molar-refractivity contribution is -0.131. The van der Waals surface area contributed by atoms with Crippen molar-refractivity contribution in [2.24, 2.45) is 0 Å². The van der Waals surface area contributed by atoms with Crippen LogP contribution in [0, 0.1) is 6.92 Å². The van der Waals surface area contributed by atoms with E-state index in [0.717, 1.165) is 17.6 Å². The third-order valence-corrected chi connectivity index (χ3v) is 4.88. The van der Waals surface area contributed by atoms with Crippen LogP contribution in [0.2, 0.25) is 0 Å². The molecule has 1 heterocycles. The third kappa shape index (κ3) is 4.90. The normalized spacial score (nSPS) is 13.0. The monoisotopic (exact) mass is 406 g/mol. The predicted octanol–water partition coefficient (Wildman–Crippen LogP) is 4.23. The Morgan fingerprint density at radius 1 is 1.25 bits per heavy atom. The van der Waals surface area contributed by atoms with E-state index in [1.165, 1.54) is 6.92 Å². The maximum Gasteiger partial charge on any atom is 0.342 e. The largest absolute Gasteiger partial charge is 0.496 e. The molecule has 0 amide bonds. The van der Waals surface area contributed by atoms with E-state index in [-0.39, 0.29) is 12.4 Å². The van der Waals surface area contributed by atoms with Crippen molar-refractivity contribution in [1.82, 2.24) is 0 Å². The zero-order chi connectivity index (χ0) is 20.8. The van der Waals surface area contributed by atoms with E-state index in [0.29, 0.717) is 46.9 Å². The van der Waals surface area contributed by atoms with Gasteiger partial charge in [0.05, 0.1) is 13.7 Å². The SMILES string of the molecule is CCOC(=S)CC/C(C)=C/Cc1c(OC)c(C)c2c(c1OC(C)=O)C(=O)OC2. The highest BCUT2D eigenvalue weighted by atomic mass is 32.1. The molecular weight excluding hydrogens is 380 g/mol. The quantitative estimate of drug-likeness (QED) is 0.277. The van der Waals surface area contributed by atoms with Crippen LogP contribution in [0.15, 0.2) is 11.6 Å². The van der Waals surface area contributed by atoms with Gasteiger partial charge in [-0.3, -0.25) is 4.79 Å². The van der Waals surface area contributed by atoms with Crippen LogP contribution in [0.1, 0.15) is 60.7 Å². The molecule has 1 aliphatic heterocycles. The van der Waals surface area contributed by atoms with Crippen molar-refractivity contribution in [2.45, 2.75) is 53.6 Å². The maximum absolute atomic E-state index is 12.3. The van der Waals surface area contributed by atoms with Gasteiger partial charge in [-0.15, -0.1) is 0 Å². The molecule has 152 valence electrons. The van der Waals surface area contributed by atoms with E-state index in [1.54, 1.807) is 7.11 Å². The molecule has 0 aliphatic carbocycles. The van der Waals surface area contributed by atoms with E-state index in [4.69, 9.17) is 31.2 Å². The molecule has 0 N–H and O–H groups in total. The summed E-state index contributed by atoms with van der Waals surface area (Å²) < 4.78 is 21.5. The van der Waals surface area contributed by atoms with Crippen molar-refractivity contribution < 1.29 is 28.5 Å². The number of hydrogen-bond donors (Lipinski definition) is 0. The summed E-state index contributed by atoms with van der Waals surface area (Å²) in [5.41, 5.74) is 3.59. The van der Waals surface area contributed by atoms with Gasteiger partial charge < -0.3 is 18.9 Å². The first kappa shape index (κ1) is 21.9. The number of benzene rings is 1. The van der Waals surface area contributed by atoms with E-state index in [9.17, 15) is 9.59 Å². The molecule has 0 radical (unpaired) electrons. The first-order valence-electron chi connectivity index (χ1n) is 9.19. The highest BCUT2D eigenvalue weighted by molar-refractivity contribution is 7.80. The molecule has 2 rings (SSSR count). The number of hydrogen-bond acceptors (Lipinski definition) is 7. The summed E-state index contributed by atoms with van der Waals surface area (Å²) in [6, 6.07) is 0. The van der Waals surface area contributed by atoms with Gasteiger partial charge in [-0.05, 0) is 51.4 Å². The van der Waals surface area contributed by atoms with Gasteiger partial charge in [0.2, 0.25) is 0 Å². The Bertz CT molecular complexity index is 825. The van der Waals surface area contributed by atoms with E-state index in [2.05, 4.69) is 0 Å². The van der Waals surface area contributed by atoms with Crippen molar-refractivity contribution in [3.05, 3.63) is 33.9 Å². The Labute approximate surface area is 170 Å².